The first-order valence-electron chi connectivity index (χ1n) is 4.49. The van der Waals surface area contributed by atoms with E-state index in [9.17, 15) is 0 Å². The minimum absolute atomic E-state index is 0.507. The van der Waals surface area contributed by atoms with E-state index in [2.05, 4.69) is 4.98 Å². The number of fused-ring (bicyclic) bond motifs is 1. The Morgan fingerprint density at radius 3 is 2.93 bits per heavy atom. The maximum Gasteiger partial charge on any atom is 0.130 e. The lowest BCUT2D eigenvalue weighted by atomic mass is 10.2. The van der Waals surface area contributed by atoms with Gasteiger partial charge in [0, 0.05) is 5.56 Å². The van der Waals surface area contributed by atoms with Crippen LogP contribution < -0.4 is 4.74 Å². The van der Waals surface area contributed by atoms with E-state index in [4.69, 9.17) is 16.3 Å². The van der Waals surface area contributed by atoms with Crippen molar-refractivity contribution in [1.29, 1.82) is 0 Å². The summed E-state index contributed by atoms with van der Waals surface area (Å²) in [7, 11) is 0. The van der Waals surface area contributed by atoms with E-state index in [1.165, 1.54) is 0 Å². The fourth-order valence-electron chi connectivity index (χ4n) is 1.39. The van der Waals surface area contributed by atoms with Crippen molar-refractivity contribution in [1.82, 2.24) is 4.98 Å². The van der Waals surface area contributed by atoms with Crippen molar-refractivity contribution in [3.8, 4) is 17.0 Å². The lowest BCUT2D eigenvalue weighted by Crippen LogP contribution is -1.91. The second-order valence-corrected chi connectivity index (χ2v) is 3.28. The van der Waals surface area contributed by atoms with Crippen molar-refractivity contribution in [3.05, 3.63) is 35.5 Å². The smallest absolute Gasteiger partial charge is 0.130 e. The third-order valence-corrected chi connectivity index (χ3v) is 2.14. The summed E-state index contributed by atoms with van der Waals surface area (Å²) in [5.74, 6) is 0.826. The van der Waals surface area contributed by atoms with E-state index in [0.717, 1.165) is 17.0 Å². The quantitative estimate of drug-likeness (QED) is 0.754. The van der Waals surface area contributed by atoms with Crippen LogP contribution in [0.15, 0.2) is 30.3 Å². The van der Waals surface area contributed by atoms with Crippen molar-refractivity contribution in [2.45, 2.75) is 6.92 Å². The number of nitrogens with zero attached hydrogens (tertiary/aromatic N) is 1. The van der Waals surface area contributed by atoms with Gasteiger partial charge in [-0.3, -0.25) is 0 Å². The molecule has 3 heteroatoms. The molecule has 2 aliphatic rings. The van der Waals surface area contributed by atoms with Crippen molar-refractivity contribution < 1.29 is 4.74 Å². The highest BCUT2D eigenvalue weighted by molar-refractivity contribution is 6.30. The van der Waals surface area contributed by atoms with Gasteiger partial charge in [-0.05, 0) is 25.1 Å². The number of halogens is 1. The summed E-state index contributed by atoms with van der Waals surface area (Å²) in [6.45, 7) is 2.60. The number of ether oxygens (including phenoxy) is 1. The van der Waals surface area contributed by atoms with Crippen LogP contribution in [0, 0.1) is 0 Å². The van der Waals surface area contributed by atoms with Gasteiger partial charge in [0.1, 0.15) is 10.9 Å². The largest absolute Gasteiger partial charge is 0.493 e. The van der Waals surface area contributed by atoms with Crippen LogP contribution in [-0.4, -0.2) is 11.6 Å². The molecule has 0 aromatic heterocycles. The lowest BCUT2D eigenvalue weighted by Gasteiger charge is -2.02. The summed E-state index contributed by atoms with van der Waals surface area (Å²) >= 11 is 5.83. The normalized spacial score (nSPS) is 10.4. The van der Waals surface area contributed by atoms with Crippen LogP contribution >= 0.6 is 11.6 Å². The highest BCUT2D eigenvalue weighted by Crippen LogP contribution is 2.32. The van der Waals surface area contributed by atoms with Crippen LogP contribution in [0.4, 0.5) is 0 Å². The van der Waals surface area contributed by atoms with E-state index >= 15 is 0 Å². The summed E-state index contributed by atoms with van der Waals surface area (Å²) in [6, 6.07) is 9.52. The first kappa shape index (κ1) is 9.28. The highest BCUT2D eigenvalue weighted by atomic mass is 35.5. The van der Waals surface area contributed by atoms with Crippen molar-refractivity contribution in [2.24, 2.45) is 0 Å². The molecular formula is C11H10ClNO. The monoisotopic (exact) mass is 207 g/mol. The Morgan fingerprint density at radius 2 is 2.14 bits per heavy atom. The second-order valence-electron chi connectivity index (χ2n) is 2.89. The van der Waals surface area contributed by atoms with Gasteiger partial charge in [-0.2, -0.15) is 0 Å². The van der Waals surface area contributed by atoms with Gasteiger partial charge < -0.3 is 4.74 Å². The molecule has 1 aliphatic heterocycles. The topological polar surface area (TPSA) is 22.1 Å². The molecule has 14 heavy (non-hydrogen) atoms. The first-order valence-corrected chi connectivity index (χ1v) is 4.87. The van der Waals surface area contributed by atoms with Gasteiger partial charge in [0.05, 0.1) is 12.3 Å². The minimum Gasteiger partial charge on any atom is -0.493 e. The lowest BCUT2D eigenvalue weighted by molar-refractivity contribution is 0.342. The summed E-state index contributed by atoms with van der Waals surface area (Å²) in [6.07, 6.45) is 0. The van der Waals surface area contributed by atoms with Crippen LogP contribution in [0.3, 0.4) is 0 Å². The molecule has 1 aliphatic carbocycles. The SMILES string of the molecule is CCOc1ccccc2nc(Cl)cc1-2. The predicted molar refractivity (Wildman–Crippen MR) is 57.0 cm³/mol. The Balaban J connectivity index is 2.58. The van der Waals surface area contributed by atoms with E-state index in [0.29, 0.717) is 11.8 Å². The molecular weight excluding hydrogens is 198 g/mol. The molecule has 0 bridgehead atoms. The van der Waals surface area contributed by atoms with Crippen LogP contribution in [0.1, 0.15) is 6.92 Å². The Morgan fingerprint density at radius 1 is 1.36 bits per heavy atom. The fourth-order valence-corrected chi connectivity index (χ4v) is 1.59. The van der Waals surface area contributed by atoms with Gasteiger partial charge in [-0.1, -0.05) is 23.7 Å². The van der Waals surface area contributed by atoms with Gasteiger partial charge in [-0.25, -0.2) is 4.98 Å². The van der Waals surface area contributed by atoms with Gasteiger partial charge in [-0.15, -0.1) is 0 Å². The molecule has 0 spiro atoms. The zero-order valence-electron chi connectivity index (χ0n) is 7.83. The average Bonchev–Trinajstić information content (AvgIpc) is 2.43. The molecule has 0 radical (unpaired) electrons. The molecule has 2 rings (SSSR count). The highest BCUT2D eigenvalue weighted by Gasteiger charge is 2.10. The maximum atomic E-state index is 5.83. The zero-order valence-corrected chi connectivity index (χ0v) is 8.58. The molecule has 0 fully saturated rings. The fraction of sp³-hybridized carbons (Fsp3) is 0.182. The summed E-state index contributed by atoms with van der Waals surface area (Å²) in [5.41, 5.74) is 1.82. The molecule has 0 amide bonds. The van der Waals surface area contributed by atoms with Crippen LogP contribution in [0.5, 0.6) is 5.75 Å². The molecule has 0 aromatic rings. The first-order chi connectivity index (χ1) is 6.81. The third kappa shape index (κ3) is 1.66. The molecule has 0 unspecified atom stereocenters. The summed E-state index contributed by atoms with van der Waals surface area (Å²) in [4.78, 5) is 4.18. The summed E-state index contributed by atoms with van der Waals surface area (Å²) in [5, 5.41) is 0.507. The Kier molecular flexibility index (Phi) is 2.55. The molecule has 72 valence electrons. The average molecular weight is 208 g/mol. The predicted octanol–water partition coefficient (Wildman–Crippen LogP) is 3.24. The Hall–Kier alpha value is -1.28. The van der Waals surface area contributed by atoms with Gasteiger partial charge in [0.15, 0.2) is 0 Å². The Bertz CT molecular complexity index is 416. The Labute approximate surface area is 87.8 Å². The van der Waals surface area contributed by atoms with E-state index < -0.39 is 0 Å². The molecule has 0 N–H and O–H groups in total. The number of hydrogen-bond acceptors (Lipinski definition) is 2. The van der Waals surface area contributed by atoms with Crippen LogP contribution in [0.2, 0.25) is 5.15 Å². The minimum atomic E-state index is 0.507. The van der Waals surface area contributed by atoms with E-state index in [-0.39, 0.29) is 0 Å². The van der Waals surface area contributed by atoms with Gasteiger partial charge in [0.2, 0.25) is 0 Å². The number of rotatable bonds is 2. The maximum absolute atomic E-state index is 5.83. The third-order valence-electron chi connectivity index (χ3n) is 1.94. The van der Waals surface area contributed by atoms with Crippen molar-refractivity contribution in [3.63, 3.8) is 0 Å². The second kappa shape index (κ2) is 3.84. The molecule has 0 saturated heterocycles. The number of hydrogen-bond donors (Lipinski definition) is 0. The van der Waals surface area contributed by atoms with E-state index in [1.807, 2.05) is 37.3 Å². The number of aromatic nitrogens is 1. The summed E-state index contributed by atoms with van der Waals surface area (Å²) < 4.78 is 5.49. The van der Waals surface area contributed by atoms with Crippen LogP contribution in [-0.2, 0) is 0 Å². The standard InChI is InChI=1S/C11H10ClNO/c1-2-14-10-6-4-3-5-9-8(10)7-11(12)13-9/h3-7H,2H2,1H3. The molecule has 0 saturated carbocycles. The molecule has 0 atom stereocenters. The van der Waals surface area contributed by atoms with Gasteiger partial charge >= 0.3 is 0 Å². The van der Waals surface area contributed by atoms with Gasteiger partial charge in [0.25, 0.3) is 0 Å². The molecule has 2 nitrogen and oxygen atoms in total. The van der Waals surface area contributed by atoms with E-state index in [1.54, 1.807) is 0 Å². The van der Waals surface area contributed by atoms with Crippen LogP contribution in [0.25, 0.3) is 11.3 Å². The van der Waals surface area contributed by atoms with Crippen molar-refractivity contribution in [2.75, 3.05) is 6.61 Å². The molecule has 0 aromatic carbocycles. The molecule has 1 heterocycles. The van der Waals surface area contributed by atoms with Crippen molar-refractivity contribution >= 4 is 11.6 Å². The zero-order chi connectivity index (χ0) is 9.97.